The highest BCUT2D eigenvalue weighted by molar-refractivity contribution is 7.92. The van der Waals surface area contributed by atoms with Gasteiger partial charge in [-0.25, -0.2) is 8.42 Å². The molecule has 2 amide bonds. The fraction of sp³-hybridized carbons (Fsp3) is 0.355. The number of benzene rings is 3. The van der Waals surface area contributed by atoms with Gasteiger partial charge in [0.15, 0.2) is 0 Å². The van der Waals surface area contributed by atoms with Gasteiger partial charge >= 0.3 is 0 Å². The number of carbonyl (C=O) groups is 2. The lowest BCUT2D eigenvalue weighted by atomic mass is 10.1. The van der Waals surface area contributed by atoms with Gasteiger partial charge in [0, 0.05) is 18.7 Å². The summed E-state index contributed by atoms with van der Waals surface area (Å²) in [6.07, 6.45) is 1.06. The van der Waals surface area contributed by atoms with Crippen LogP contribution in [0.2, 0.25) is 0 Å². The van der Waals surface area contributed by atoms with Crippen molar-refractivity contribution in [2.75, 3.05) is 25.1 Å². The third-order valence-electron chi connectivity index (χ3n) is 6.83. The topological polar surface area (TPSA) is 105 Å². The molecule has 3 aromatic rings. The summed E-state index contributed by atoms with van der Waals surface area (Å²) in [6, 6.07) is 20.8. The first-order chi connectivity index (χ1) is 19.6. The van der Waals surface area contributed by atoms with E-state index in [4.69, 9.17) is 9.47 Å². The molecule has 0 spiro atoms. The van der Waals surface area contributed by atoms with Gasteiger partial charge in [0.25, 0.3) is 10.0 Å². The van der Waals surface area contributed by atoms with Gasteiger partial charge in [0.05, 0.1) is 24.8 Å². The minimum absolute atomic E-state index is 0.0384. The molecule has 220 valence electrons. The normalized spacial score (nSPS) is 12.6. The van der Waals surface area contributed by atoms with Crippen LogP contribution in [-0.4, -0.2) is 58.0 Å². The van der Waals surface area contributed by atoms with Crippen molar-refractivity contribution in [2.45, 2.75) is 57.1 Å². The minimum Gasteiger partial charge on any atom is -0.497 e. The van der Waals surface area contributed by atoms with Gasteiger partial charge < -0.3 is 19.7 Å². The number of nitrogens with zero attached hydrogens (tertiary/aromatic N) is 2. The first-order valence-corrected chi connectivity index (χ1v) is 15.0. The second-order valence-corrected chi connectivity index (χ2v) is 11.5. The summed E-state index contributed by atoms with van der Waals surface area (Å²) >= 11 is 0. The zero-order valence-corrected chi connectivity index (χ0v) is 25.1. The summed E-state index contributed by atoms with van der Waals surface area (Å²) in [7, 11) is -1.12. The number of hydrogen-bond donors (Lipinski definition) is 1. The molecule has 0 aliphatic heterocycles. The van der Waals surface area contributed by atoms with Crippen LogP contribution in [0.4, 0.5) is 5.69 Å². The maximum Gasteiger partial charge on any atom is 0.264 e. The molecule has 2 atom stereocenters. The first kappa shape index (κ1) is 31.5. The Morgan fingerprint density at radius 2 is 1.49 bits per heavy atom. The second kappa shape index (κ2) is 14.5. The smallest absolute Gasteiger partial charge is 0.264 e. The van der Waals surface area contributed by atoms with Gasteiger partial charge in [-0.15, -0.1) is 0 Å². The van der Waals surface area contributed by atoms with Gasteiger partial charge in [-0.2, -0.15) is 0 Å². The van der Waals surface area contributed by atoms with Gasteiger partial charge in [-0.05, 0) is 61.7 Å². The number of carbonyl (C=O) groups excluding carboxylic acids is 2. The summed E-state index contributed by atoms with van der Waals surface area (Å²) in [4.78, 5) is 29.0. The van der Waals surface area contributed by atoms with Crippen LogP contribution in [0.25, 0.3) is 0 Å². The fourth-order valence-corrected chi connectivity index (χ4v) is 5.77. The van der Waals surface area contributed by atoms with E-state index in [-0.39, 0.29) is 29.1 Å². The largest absolute Gasteiger partial charge is 0.497 e. The highest BCUT2D eigenvalue weighted by atomic mass is 32.2. The average molecular weight is 582 g/mol. The van der Waals surface area contributed by atoms with Crippen molar-refractivity contribution >= 4 is 27.5 Å². The Bertz CT molecular complexity index is 1410. The molecule has 0 radical (unpaired) electrons. The van der Waals surface area contributed by atoms with E-state index in [1.165, 1.54) is 24.1 Å². The quantitative estimate of drug-likeness (QED) is 0.298. The number of nitrogens with one attached hydrogen (secondary N) is 1. The Balaban J connectivity index is 2.08. The number of anilines is 1. The Labute approximate surface area is 243 Å². The molecular formula is C31H39N3O6S. The van der Waals surface area contributed by atoms with Crippen molar-refractivity contribution in [1.82, 2.24) is 10.2 Å². The highest BCUT2D eigenvalue weighted by Gasteiger charge is 2.34. The van der Waals surface area contributed by atoms with E-state index in [1.807, 2.05) is 26.8 Å². The highest BCUT2D eigenvalue weighted by Crippen LogP contribution is 2.28. The van der Waals surface area contributed by atoms with Crippen LogP contribution in [0.5, 0.6) is 11.5 Å². The van der Waals surface area contributed by atoms with E-state index >= 15 is 0 Å². The molecule has 0 aliphatic carbocycles. The monoisotopic (exact) mass is 581 g/mol. The standard InChI is InChI=1S/C31H39N3O6S/c1-6-23(3)32-31(36)29(7-2)33(21-24-13-11-15-26(19-24)39-4)30(35)22-34(25-14-12-16-27(20-25)40-5)41(37,38)28-17-9-8-10-18-28/h8-20,23,29H,6-7,21-22H2,1-5H3,(H,32,36)/t23-,29-/m0/s1. The molecular weight excluding hydrogens is 542 g/mol. The molecule has 0 saturated carbocycles. The van der Waals surface area contributed by atoms with Crippen LogP contribution < -0.4 is 19.1 Å². The van der Waals surface area contributed by atoms with E-state index < -0.39 is 28.5 Å². The van der Waals surface area contributed by atoms with Crippen LogP contribution in [-0.2, 0) is 26.2 Å². The molecule has 0 saturated heterocycles. The van der Waals surface area contributed by atoms with Crippen molar-refractivity contribution in [3.05, 3.63) is 84.4 Å². The first-order valence-electron chi connectivity index (χ1n) is 13.6. The Morgan fingerprint density at radius 3 is 2.10 bits per heavy atom. The zero-order valence-electron chi connectivity index (χ0n) is 24.2. The van der Waals surface area contributed by atoms with E-state index in [0.717, 1.165) is 16.3 Å². The van der Waals surface area contributed by atoms with Crippen LogP contribution in [0.1, 0.15) is 39.2 Å². The lowest BCUT2D eigenvalue weighted by molar-refractivity contribution is -0.140. The lowest BCUT2D eigenvalue weighted by Crippen LogP contribution is -2.53. The number of amides is 2. The lowest BCUT2D eigenvalue weighted by Gasteiger charge is -2.33. The van der Waals surface area contributed by atoms with Crippen LogP contribution in [0.15, 0.2) is 83.8 Å². The van der Waals surface area contributed by atoms with E-state index in [2.05, 4.69) is 5.32 Å². The summed E-state index contributed by atoms with van der Waals surface area (Å²) in [5.41, 5.74) is 1.01. The predicted octanol–water partition coefficient (Wildman–Crippen LogP) is 4.62. The fourth-order valence-electron chi connectivity index (χ4n) is 4.34. The predicted molar refractivity (Wildman–Crippen MR) is 159 cm³/mol. The maximum absolute atomic E-state index is 14.2. The summed E-state index contributed by atoms with van der Waals surface area (Å²) in [5, 5.41) is 2.97. The Morgan fingerprint density at radius 1 is 0.854 bits per heavy atom. The SMILES string of the molecule is CC[C@H](C)NC(=O)[C@H](CC)N(Cc1cccc(OC)c1)C(=O)CN(c1cccc(OC)c1)S(=O)(=O)c1ccccc1. The van der Waals surface area contributed by atoms with Crippen LogP contribution in [0.3, 0.4) is 0 Å². The molecule has 0 heterocycles. The summed E-state index contributed by atoms with van der Waals surface area (Å²) in [5.74, 6) is 0.228. The van der Waals surface area contributed by atoms with Crippen molar-refractivity contribution < 1.29 is 27.5 Å². The van der Waals surface area contributed by atoms with Gasteiger partial charge in [0.2, 0.25) is 11.8 Å². The van der Waals surface area contributed by atoms with E-state index in [1.54, 1.807) is 67.8 Å². The third-order valence-corrected chi connectivity index (χ3v) is 8.61. The number of sulfonamides is 1. The Kier molecular flexibility index (Phi) is 11.2. The Hall–Kier alpha value is -4.05. The van der Waals surface area contributed by atoms with Crippen molar-refractivity contribution in [2.24, 2.45) is 0 Å². The molecule has 9 nitrogen and oxygen atoms in total. The van der Waals surface area contributed by atoms with E-state index in [9.17, 15) is 18.0 Å². The van der Waals surface area contributed by atoms with Gasteiger partial charge in [-0.3, -0.25) is 13.9 Å². The zero-order chi connectivity index (χ0) is 30.0. The van der Waals surface area contributed by atoms with E-state index in [0.29, 0.717) is 17.9 Å². The molecule has 3 rings (SSSR count). The average Bonchev–Trinajstić information content (AvgIpc) is 2.99. The minimum atomic E-state index is -4.16. The van der Waals surface area contributed by atoms with Crippen LogP contribution >= 0.6 is 0 Å². The molecule has 41 heavy (non-hydrogen) atoms. The van der Waals surface area contributed by atoms with Gasteiger partial charge in [0.1, 0.15) is 24.1 Å². The molecule has 0 fully saturated rings. The molecule has 0 aromatic heterocycles. The second-order valence-electron chi connectivity index (χ2n) is 9.64. The number of rotatable bonds is 14. The van der Waals surface area contributed by atoms with Crippen molar-refractivity contribution in [3.8, 4) is 11.5 Å². The van der Waals surface area contributed by atoms with Crippen LogP contribution in [0, 0.1) is 0 Å². The maximum atomic E-state index is 14.2. The summed E-state index contributed by atoms with van der Waals surface area (Å²) in [6.45, 7) is 5.25. The molecule has 0 bridgehead atoms. The van der Waals surface area contributed by atoms with Gasteiger partial charge in [-0.1, -0.05) is 50.2 Å². The molecule has 0 unspecified atom stereocenters. The number of ether oxygens (including phenoxy) is 2. The van der Waals surface area contributed by atoms with Crippen molar-refractivity contribution in [1.29, 1.82) is 0 Å². The molecule has 0 aliphatic rings. The number of hydrogen-bond acceptors (Lipinski definition) is 6. The van der Waals surface area contributed by atoms with Crippen molar-refractivity contribution in [3.63, 3.8) is 0 Å². The molecule has 3 aromatic carbocycles. The molecule has 10 heteroatoms. The molecule has 1 N–H and O–H groups in total. The summed E-state index contributed by atoms with van der Waals surface area (Å²) < 4.78 is 39.6. The third kappa shape index (κ3) is 8.00. The number of methoxy groups -OCH3 is 2.